The molecule has 0 radical (unpaired) electrons. The summed E-state index contributed by atoms with van der Waals surface area (Å²) in [4.78, 5) is 0. The van der Waals surface area contributed by atoms with E-state index < -0.39 is 18.5 Å². The molecule has 0 rings (SSSR count). The molecule has 0 amide bonds. The fourth-order valence-corrected chi connectivity index (χ4v) is 0. The summed E-state index contributed by atoms with van der Waals surface area (Å²) in [5.41, 5.74) is 0. The van der Waals surface area contributed by atoms with E-state index in [9.17, 15) is 0 Å². The van der Waals surface area contributed by atoms with Crippen LogP contribution in [0.1, 0.15) is 27.7 Å². The molecule has 78 valence electrons. The molecule has 0 spiro atoms. The van der Waals surface area contributed by atoms with Gasteiger partial charge in [-0.3, -0.25) is 0 Å². The van der Waals surface area contributed by atoms with E-state index in [0.717, 1.165) is 0 Å². The Hall–Kier alpha value is 0.168. The van der Waals surface area contributed by atoms with Crippen molar-refractivity contribution in [2.45, 2.75) is 27.7 Å². The normalized spacial score (nSPS) is 7.00. The monoisotopic (exact) mass is 264 g/mol. The molecular formula is C6H16MoNO4-3. The number of hydrogen-bond donors (Lipinski definition) is 2. The van der Waals surface area contributed by atoms with Gasteiger partial charge in [0.25, 0.3) is 0 Å². The van der Waals surface area contributed by atoms with Crippen molar-refractivity contribution in [3.8, 4) is 0 Å². The molecule has 6 heteroatoms. The van der Waals surface area contributed by atoms with Crippen LogP contribution in [-0.2, 0) is 25.3 Å². The third-order valence-electron chi connectivity index (χ3n) is 0. The third kappa shape index (κ3) is 30200. The molecule has 0 aromatic rings. The molecular weight excluding hydrogens is 246 g/mol. The first kappa shape index (κ1) is 22.7. The molecule has 0 fully saturated rings. The molecule has 0 aliphatic carbocycles. The van der Waals surface area contributed by atoms with E-state index in [1.54, 1.807) is 27.7 Å². The molecule has 0 atom stereocenters. The van der Waals surface area contributed by atoms with E-state index in [2.05, 4.69) is 0 Å². The second kappa shape index (κ2) is 22.5. The van der Waals surface area contributed by atoms with Gasteiger partial charge in [0.2, 0.25) is 0 Å². The second-order valence-corrected chi connectivity index (χ2v) is 2.30. The van der Waals surface area contributed by atoms with Crippen molar-refractivity contribution in [2.24, 2.45) is 0 Å². The van der Waals surface area contributed by atoms with Gasteiger partial charge in [0.15, 0.2) is 0 Å². The third-order valence-corrected chi connectivity index (χ3v) is 0. The molecule has 0 bridgehead atoms. The predicted molar refractivity (Wildman–Crippen MR) is 39.7 cm³/mol. The number of rotatable bonds is 0. The number of aliphatic hydroxyl groups is 2. The summed E-state index contributed by atoms with van der Waals surface area (Å²) in [5.74, 6) is 0. The van der Waals surface area contributed by atoms with Crippen molar-refractivity contribution in [3.63, 3.8) is 0 Å². The minimum absolute atomic E-state index is 0. The maximum atomic E-state index is 8.50. The molecule has 0 unspecified atom stereocenters. The van der Waals surface area contributed by atoms with Crippen LogP contribution in [0.25, 0.3) is 6.15 Å². The summed E-state index contributed by atoms with van der Waals surface area (Å²) in [6.45, 7) is 6.56. The van der Waals surface area contributed by atoms with Gasteiger partial charge in [-0.25, -0.2) is 12.2 Å². The molecule has 0 aliphatic rings. The Morgan fingerprint density at radius 2 is 0.917 bits per heavy atom. The van der Waals surface area contributed by atoms with Crippen molar-refractivity contribution >= 4 is 0 Å². The minimum atomic E-state index is -2.03. The fraction of sp³-hybridized carbons (Fsp3) is 0.667. The Labute approximate surface area is 81.9 Å². The van der Waals surface area contributed by atoms with Gasteiger partial charge < -0.3 is 16.4 Å². The van der Waals surface area contributed by atoms with Gasteiger partial charge in [0.1, 0.15) is 0 Å². The Morgan fingerprint density at radius 3 is 0.917 bits per heavy atom. The van der Waals surface area contributed by atoms with Crippen molar-refractivity contribution in [3.05, 3.63) is 18.4 Å². The topological polar surface area (TPSA) is 108 Å². The number of aliphatic hydroxyl groups excluding tert-OH is 2. The average Bonchev–Trinajstić information content (AvgIpc) is 1.60. The van der Waals surface area contributed by atoms with Crippen molar-refractivity contribution < 1.29 is 35.5 Å². The Balaban J connectivity index is -0.0000000389. The Kier molecular flexibility index (Phi) is 42.6. The van der Waals surface area contributed by atoms with Crippen LogP contribution < -0.4 is 0 Å². The number of nitrogens with two attached hydrogens (primary N) is 1. The summed E-state index contributed by atoms with van der Waals surface area (Å²) < 4.78 is 17.0. The molecule has 0 saturated heterocycles. The van der Waals surface area contributed by atoms with E-state index >= 15 is 0 Å². The molecule has 4 N–H and O–H groups in total. The summed E-state index contributed by atoms with van der Waals surface area (Å²) in [6.07, 6.45) is 0.833. The zero-order valence-electron chi connectivity index (χ0n) is 7.70. The van der Waals surface area contributed by atoms with E-state index in [1.165, 1.54) is 0 Å². The zero-order valence-corrected chi connectivity index (χ0v) is 9.70. The van der Waals surface area contributed by atoms with Crippen LogP contribution in [0, 0.1) is 12.2 Å². The summed E-state index contributed by atoms with van der Waals surface area (Å²) in [7, 11) is 0. The fourth-order valence-electron chi connectivity index (χ4n) is 0. The van der Waals surface area contributed by atoms with Crippen molar-refractivity contribution in [1.82, 2.24) is 0 Å². The van der Waals surface area contributed by atoms with Crippen LogP contribution >= 0.6 is 0 Å². The molecule has 0 aliphatic heterocycles. The first-order chi connectivity index (χ1) is 4.88. The van der Waals surface area contributed by atoms with Gasteiger partial charge in [-0.2, -0.15) is 27.7 Å². The van der Waals surface area contributed by atoms with Crippen LogP contribution in [0.5, 0.6) is 0 Å². The Morgan fingerprint density at radius 1 is 0.917 bits per heavy atom. The van der Waals surface area contributed by atoms with Gasteiger partial charge in [-0.15, -0.1) is 0 Å². The van der Waals surface area contributed by atoms with Crippen LogP contribution in [-0.4, -0.2) is 10.2 Å². The predicted octanol–water partition coefficient (Wildman–Crippen LogP) is 2.34. The van der Waals surface area contributed by atoms with Crippen molar-refractivity contribution in [1.29, 1.82) is 0 Å². The SMILES string of the molecule is C[C-](C)O.C[C-](C)O.[NH2-].[O]=[Mo]=[O]. The van der Waals surface area contributed by atoms with Crippen LogP contribution in [0.3, 0.4) is 0 Å². The quantitative estimate of drug-likeness (QED) is 0.515. The summed E-state index contributed by atoms with van der Waals surface area (Å²) in [5, 5.41) is 15.9. The molecule has 12 heavy (non-hydrogen) atoms. The maximum absolute atomic E-state index is 8.50. The summed E-state index contributed by atoms with van der Waals surface area (Å²) >= 11 is -2.03. The van der Waals surface area contributed by atoms with Gasteiger partial charge >= 0.3 is 25.3 Å². The van der Waals surface area contributed by atoms with E-state index in [-0.39, 0.29) is 6.15 Å². The number of hydrogen-bond acceptors (Lipinski definition) is 4. The van der Waals surface area contributed by atoms with Crippen LogP contribution in [0.4, 0.5) is 0 Å². The van der Waals surface area contributed by atoms with Crippen molar-refractivity contribution in [2.75, 3.05) is 0 Å². The van der Waals surface area contributed by atoms with E-state index in [4.69, 9.17) is 17.0 Å². The van der Waals surface area contributed by atoms with Crippen LogP contribution in [0.2, 0.25) is 0 Å². The molecule has 5 nitrogen and oxygen atoms in total. The molecule has 0 heterocycles. The molecule has 0 saturated carbocycles. The average molecular weight is 262 g/mol. The standard InChI is InChI=1S/2C3H7O.Mo.H2N.2O/c2*1-3(2)4;;;;/h2*4H,1-2H3;;1H2;;/q2*-1;;-1;;. The molecule has 0 aromatic heterocycles. The van der Waals surface area contributed by atoms with E-state index in [0.29, 0.717) is 12.2 Å². The molecule has 0 aromatic carbocycles. The summed E-state index contributed by atoms with van der Waals surface area (Å²) in [6, 6.07) is 0. The van der Waals surface area contributed by atoms with E-state index in [1.807, 2.05) is 0 Å². The first-order valence-corrected chi connectivity index (χ1v) is 4.42. The van der Waals surface area contributed by atoms with Gasteiger partial charge in [0, 0.05) is 0 Å². The van der Waals surface area contributed by atoms with Gasteiger partial charge in [-0.1, -0.05) is 0 Å². The second-order valence-electron chi connectivity index (χ2n) is 1.96. The zero-order chi connectivity index (χ0) is 9.86. The first-order valence-electron chi connectivity index (χ1n) is 2.78. The van der Waals surface area contributed by atoms with Crippen LogP contribution in [0.15, 0.2) is 0 Å². The van der Waals surface area contributed by atoms with Gasteiger partial charge in [-0.05, 0) is 0 Å². The van der Waals surface area contributed by atoms with Gasteiger partial charge in [0.05, 0.1) is 0 Å². The Bertz CT molecular complexity index is 80.0.